The molecule has 0 aromatic heterocycles. The average molecular weight is 267 g/mol. The SMILES string of the molecule is Cc1ccc(N[S+](C)[O-])c(OC2CCCCC2)c1. The molecule has 1 aliphatic rings. The third-order valence-electron chi connectivity index (χ3n) is 3.24. The molecule has 0 amide bonds. The van der Waals surface area contributed by atoms with Crippen LogP contribution in [0, 0.1) is 6.92 Å². The highest BCUT2D eigenvalue weighted by atomic mass is 32.2. The van der Waals surface area contributed by atoms with E-state index in [1.807, 2.05) is 25.1 Å². The van der Waals surface area contributed by atoms with Crippen LogP contribution < -0.4 is 9.46 Å². The van der Waals surface area contributed by atoms with E-state index in [2.05, 4.69) is 4.72 Å². The van der Waals surface area contributed by atoms with Crippen molar-refractivity contribution in [1.82, 2.24) is 0 Å². The zero-order valence-corrected chi connectivity index (χ0v) is 11.9. The molecule has 18 heavy (non-hydrogen) atoms. The summed E-state index contributed by atoms with van der Waals surface area (Å²) in [5.74, 6) is 0.831. The number of aryl methyl sites for hydroxylation is 1. The smallest absolute Gasteiger partial charge is 0.147 e. The number of nitrogens with one attached hydrogen (secondary N) is 1. The molecule has 0 bridgehead atoms. The normalized spacial score (nSPS) is 18.4. The minimum atomic E-state index is -1.07. The van der Waals surface area contributed by atoms with Crippen molar-refractivity contribution in [2.75, 3.05) is 11.0 Å². The Morgan fingerprint density at radius 1 is 1.28 bits per heavy atom. The van der Waals surface area contributed by atoms with Crippen molar-refractivity contribution in [2.45, 2.75) is 45.1 Å². The molecule has 2 rings (SSSR count). The van der Waals surface area contributed by atoms with E-state index in [1.165, 1.54) is 19.3 Å². The van der Waals surface area contributed by atoms with Crippen LogP contribution in [0.2, 0.25) is 0 Å². The van der Waals surface area contributed by atoms with Gasteiger partial charge >= 0.3 is 0 Å². The average Bonchev–Trinajstić information content (AvgIpc) is 2.33. The van der Waals surface area contributed by atoms with Crippen molar-refractivity contribution in [1.29, 1.82) is 0 Å². The lowest BCUT2D eigenvalue weighted by Gasteiger charge is -2.24. The standard InChI is InChI=1S/C14H21NO2S/c1-11-8-9-13(15-18(2)16)14(10-11)17-12-6-4-3-5-7-12/h8-10,12,15H,3-7H2,1-2H3. The largest absolute Gasteiger partial charge is 0.593 e. The van der Waals surface area contributed by atoms with Gasteiger partial charge in [-0.3, -0.25) is 0 Å². The first-order valence-electron chi connectivity index (χ1n) is 6.52. The molecule has 1 unspecified atom stereocenters. The fraction of sp³-hybridized carbons (Fsp3) is 0.571. The third kappa shape index (κ3) is 3.82. The van der Waals surface area contributed by atoms with Gasteiger partial charge in [-0.1, -0.05) is 12.5 Å². The summed E-state index contributed by atoms with van der Waals surface area (Å²) in [4.78, 5) is 0. The molecule has 0 spiro atoms. The molecule has 3 nitrogen and oxygen atoms in total. The van der Waals surface area contributed by atoms with Crippen molar-refractivity contribution < 1.29 is 9.29 Å². The zero-order valence-electron chi connectivity index (χ0n) is 11.1. The maximum Gasteiger partial charge on any atom is 0.147 e. The number of hydrogen-bond donors (Lipinski definition) is 1. The first kappa shape index (κ1) is 13.6. The van der Waals surface area contributed by atoms with E-state index in [0.29, 0.717) is 6.10 Å². The Bertz CT molecular complexity index is 389. The summed E-state index contributed by atoms with van der Waals surface area (Å²) in [5, 5.41) is 0. The van der Waals surface area contributed by atoms with Gasteiger partial charge in [0, 0.05) is 0 Å². The monoisotopic (exact) mass is 267 g/mol. The van der Waals surface area contributed by atoms with Gasteiger partial charge in [-0.15, -0.1) is 0 Å². The molecular formula is C14H21NO2S. The van der Waals surface area contributed by atoms with E-state index in [9.17, 15) is 4.55 Å². The molecular weight excluding hydrogens is 246 g/mol. The summed E-state index contributed by atoms with van der Waals surface area (Å²) in [6.07, 6.45) is 8.01. The van der Waals surface area contributed by atoms with Crippen LogP contribution >= 0.6 is 0 Å². The Morgan fingerprint density at radius 3 is 2.67 bits per heavy atom. The Balaban J connectivity index is 2.10. The van der Waals surface area contributed by atoms with E-state index in [1.54, 1.807) is 6.26 Å². The second-order valence-corrected chi connectivity index (χ2v) is 6.05. The van der Waals surface area contributed by atoms with Gasteiger partial charge in [-0.25, -0.2) is 4.72 Å². The van der Waals surface area contributed by atoms with Gasteiger partial charge in [0.15, 0.2) is 0 Å². The van der Waals surface area contributed by atoms with Crippen LogP contribution in [0.5, 0.6) is 5.75 Å². The highest BCUT2D eigenvalue weighted by Crippen LogP contribution is 2.30. The number of hydrogen-bond acceptors (Lipinski definition) is 3. The summed E-state index contributed by atoms with van der Waals surface area (Å²) in [6.45, 7) is 2.04. The highest BCUT2D eigenvalue weighted by Gasteiger charge is 2.17. The van der Waals surface area contributed by atoms with E-state index in [-0.39, 0.29) is 0 Å². The lowest BCUT2D eigenvalue weighted by Crippen LogP contribution is -2.21. The molecule has 0 saturated heterocycles. The Kier molecular flexibility index (Phi) is 4.78. The van der Waals surface area contributed by atoms with E-state index >= 15 is 0 Å². The zero-order chi connectivity index (χ0) is 13.0. The Labute approximate surface area is 112 Å². The summed E-state index contributed by atoms with van der Waals surface area (Å²) in [5.41, 5.74) is 1.99. The summed E-state index contributed by atoms with van der Waals surface area (Å²) < 4.78 is 20.3. The lowest BCUT2D eigenvalue weighted by molar-refractivity contribution is 0.156. The van der Waals surface area contributed by atoms with Gasteiger partial charge in [0.25, 0.3) is 0 Å². The van der Waals surface area contributed by atoms with Crippen molar-refractivity contribution in [2.24, 2.45) is 0 Å². The minimum Gasteiger partial charge on any atom is -0.593 e. The highest BCUT2D eigenvalue weighted by molar-refractivity contribution is 7.92. The van der Waals surface area contributed by atoms with Crippen LogP contribution in [0.4, 0.5) is 5.69 Å². The van der Waals surface area contributed by atoms with Crippen molar-refractivity contribution in [3.05, 3.63) is 23.8 Å². The molecule has 1 N–H and O–H groups in total. The topological polar surface area (TPSA) is 44.3 Å². The molecule has 4 heteroatoms. The molecule has 100 valence electrons. The quantitative estimate of drug-likeness (QED) is 0.850. The number of rotatable bonds is 4. The molecule has 1 aromatic carbocycles. The summed E-state index contributed by atoms with van der Waals surface area (Å²) in [6, 6.07) is 5.96. The first-order chi connectivity index (χ1) is 8.65. The lowest BCUT2D eigenvalue weighted by atomic mass is 9.98. The van der Waals surface area contributed by atoms with Gasteiger partial charge in [-0.2, -0.15) is 0 Å². The predicted molar refractivity (Wildman–Crippen MR) is 76.4 cm³/mol. The molecule has 0 radical (unpaired) electrons. The van der Waals surface area contributed by atoms with E-state index < -0.39 is 11.4 Å². The van der Waals surface area contributed by atoms with Gasteiger partial charge in [0.05, 0.1) is 17.5 Å². The molecule has 1 saturated carbocycles. The van der Waals surface area contributed by atoms with E-state index in [4.69, 9.17) is 4.74 Å². The molecule has 1 atom stereocenters. The van der Waals surface area contributed by atoms with Crippen LogP contribution in [-0.4, -0.2) is 16.9 Å². The fourth-order valence-electron chi connectivity index (χ4n) is 2.33. The van der Waals surface area contributed by atoms with Crippen LogP contribution in [-0.2, 0) is 11.4 Å². The van der Waals surface area contributed by atoms with Gasteiger partial charge in [-0.05, 0) is 50.3 Å². The maximum atomic E-state index is 11.3. The third-order valence-corrected chi connectivity index (χ3v) is 3.74. The van der Waals surface area contributed by atoms with E-state index in [0.717, 1.165) is 29.8 Å². The molecule has 1 aliphatic carbocycles. The summed E-state index contributed by atoms with van der Waals surface area (Å²) >= 11 is -1.07. The van der Waals surface area contributed by atoms with Crippen LogP contribution in [0.3, 0.4) is 0 Å². The predicted octanol–water partition coefficient (Wildman–Crippen LogP) is 3.41. The minimum absolute atomic E-state index is 0.311. The van der Waals surface area contributed by atoms with Crippen LogP contribution in [0.15, 0.2) is 18.2 Å². The molecule has 1 aromatic rings. The van der Waals surface area contributed by atoms with Crippen LogP contribution in [0.1, 0.15) is 37.7 Å². The fourth-order valence-corrected chi connectivity index (χ4v) is 2.81. The molecule has 0 aliphatic heterocycles. The Morgan fingerprint density at radius 2 is 2.00 bits per heavy atom. The second kappa shape index (κ2) is 6.34. The second-order valence-electron chi connectivity index (χ2n) is 4.93. The molecule has 1 fully saturated rings. The number of ether oxygens (including phenoxy) is 1. The van der Waals surface area contributed by atoms with Gasteiger partial charge < -0.3 is 9.29 Å². The Hall–Kier alpha value is -0.870. The van der Waals surface area contributed by atoms with Gasteiger partial charge in [0.1, 0.15) is 17.7 Å². The van der Waals surface area contributed by atoms with Crippen LogP contribution in [0.25, 0.3) is 0 Å². The van der Waals surface area contributed by atoms with Crippen molar-refractivity contribution in [3.8, 4) is 5.75 Å². The summed E-state index contributed by atoms with van der Waals surface area (Å²) in [7, 11) is 0. The first-order valence-corrected chi connectivity index (χ1v) is 8.08. The van der Waals surface area contributed by atoms with Gasteiger partial charge in [0.2, 0.25) is 0 Å². The number of benzene rings is 1. The van der Waals surface area contributed by atoms with Crippen molar-refractivity contribution in [3.63, 3.8) is 0 Å². The van der Waals surface area contributed by atoms with Crippen molar-refractivity contribution >= 4 is 17.0 Å². The molecule has 0 heterocycles. The number of anilines is 1. The maximum absolute atomic E-state index is 11.3.